The molecule has 0 spiro atoms. The Bertz CT molecular complexity index is 683. The molecule has 0 aromatic heterocycles. The summed E-state index contributed by atoms with van der Waals surface area (Å²) in [6.07, 6.45) is 1.95. The molecule has 1 aliphatic rings. The molecule has 0 aliphatic heterocycles. The molecule has 94 valence electrons. The smallest absolute Gasteiger partial charge is 0.194 e. The Labute approximate surface area is 112 Å². The fraction of sp³-hybridized carbons (Fsp3) is 0.176. The van der Waals surface area contributed by atoms with Gasteiger partial charge in [0.25, 0.3) is 0 Å². The maximum Gasteiger partial charge on any atom is 0.194 e. The summed E-state index contributed by atoms with van der Waals surface area (Å²) < 4.78 is 0. The molecule has 2 aromatic rings. The molecule has 0 amide bonds. The molecule has 0 fully saturated rings. The lowest BCUT2D eigenvalue weighted by atomic mass is 9.83. The van der Waals surface area contributed by atoms with Gasteiger partial charge in [-0.05, 0) is 18.1 Å². The van der Waals surface area contributed by atoms with Gasteiger partial charge < -0.3 is 0 Å². The van der Waals surface area contributed by atoms with E-state index >= 15 is 0 Å². The summed E-state index contributed by atoms with van der Waals surface area (Å²) in [4.78, 5) is 24.8. The Hall–Kier alpha value is -2.22. The van der Waals surface area contributed by atoms with Crippen LogP contribution < -0.4 is 0 Å². The van der Waals surface area contributed by atoms with Gasteiger partial charge in [0, 0.05) is 22.3 Å². The fourth-order valence-corrected chi connectivity index (χ4v) is 2.59. The Morgan fingerprint density at radius 2 is 1.37 bits per heavy atom. The van der Waals surface area contributed by atoms with E-state index in [4.69, 9.17) is 0 Å². The van der Waals surface area contributed by atoms with Crippen molar-refractivity contribution in [1.82, 2.24) is 0 Å². The Kier molecular flexibility index (Phi) is 2.79. The number of hydrogen-bond donors (Lipinski definition) is 0. The second-order valence-corrected chi connectivity index (χ2v) is 4.83. The highest BCUT2D eigenvalue weighted by molar-refractivity contribution is 6.28. The maximum atomic E-state index is 12.5. The lowest BCUT2D eigenvalue weighted by Gasteiger charge is -2.17. The first-order valence-corrected chi connectivity index (χ1v) is 6.53. The van der Waals surface area contributed by atoms with Crippen LogP contribution in [0, 0.1) is 0 Å². The fourth-order valence-electron chi connectivity index (χ4n) is 2.59. The summed E-state index contributed by atoms with van der Waals surface area (Å²) in [7, 11) is 0. The van der Waals surface area contributed by atoms with Gasteiger partial charge in [0.2, 0.25) is 0 Å². The van der Waals surface area contributed by atoms with Crippen LogP contribution in [0.5, 0.6) is 0 Å². The zero-order chi connectivity index (χ0) is 13.4. The van der Waals surface area contributed by atoms with Crippen molar-refractivity contribution in [3.63, 3.8) is 0 Å². The van der Waals surface area contributed by atoms with Gasteiger partial charge in [0.15, 0.2) is 11.6 Å². The topological polar surface area (TPSA) is 34.1 Å². The number of rotatable bonds is 2. The van der Waals surface area contributed by atoms with Crippen molar-refractivity contribution in [3.05, 3.63) is 70.3 Å². The molecule has 2 nitrogen and oxygen atoms in total. The largest absolute Gasteiger partial charge is 0.289 e. The monoisotopic (exact) mass is 250 g/mol. The molecule has 0 N–H and O–H groups in total. The van der Waals surface area contributed by atoms with Gasteiger partial charge in [0.05, 0.1) is 0 Å². The summed E-state index contributed by atoms with van der Waals surface area (Å²) in [5.74, 6) is -0.0867. The molecule has 2 aromatic carbocycles. The van der Waals surface area contributed by atoms with Gasteiger partial charge in [0.1, 0.15) is 0 Å². The van der Waals surface area contributed by atoms with Crippen LogP contribution in [0.4, 0.5) is 0 Å². The third-order valence-electron chi connectivity index (χ3n) is 3.53. The van der Waals surface area contributed by atoms with Crippen molar-refractivity contribution in [2.24, 2.45) is 0 Å². The van der Waals surface area contributed by atoms with Crippen LogP contribution in [0.3, 0.4) is 0 Å². The van der Waals surface area contributed by atoms with Crippen LogP contribution in [0.15, 0.2) is 42.5 Å². The molecular weight excluding hydrogens is 236 g/mol. The van der Waals surface area contributed by atoms with Crippen LogP contribution >= 0.6 is 0 Å². The van der Waals surface area contributed by atoms with E-state index in [1.54, 1.807) is 30.3 Å². The number of carbonyl (C=O) groups is 2. The normalized spacial score (nSPS) is 13.1. The molecule has 19 heavy (non-hydrogen) atoms. The molecular formula is C17H14O2. The first kappa shape index (κ1) is 11.8. The van der Waals surface area contributed by atoms with Gasteiger partial charge >= 0.3 is 0 Å². The zero-order valence-corrected chi connectivity index (χ0v) is 10.8. The summed E-state index contributed by atoms with van der Waals surface area (Å²) in [6.45, 7) is 2.10. The highest BCUT2D eigenvalue weighted by atomic mass is 16.1. The minimum Gasteiger partial charge on any atom is -0.289 e. The number of ketones is 2. The second kappa shape index (κ2) is 4.47. The van der Waals surface area contributed by atoms with Crippen molar-refractivity contribution in [1.29, 1.82) is 0 Å². The SMILES string of the molecule is CCCc1ccc2c(c1)C(=O)c1ccccc1C2=O. The first-order chi connectivity index (χ1) is 9.22. The second-order valence-electron chi connectivity index (χ2n) is 4.83. The zero-order valence-electron chi connectivity index (χ0n) is 10.8. The quantitative estimate of drug-likeness (QED) is 0.698. The Morgan fingerprint density at radius 3 is 2.00 bits per heavy atom. The number of benzene rings is 2. The minimum absolute atomic E-state index is 0.0387. The number of fused-ring (bicyclic) bond motifs is 2. The standard InChI is InChI=1S/C17H14O2/c1-2-5-11-8-9-14-15(10-11)17(19)13-7-4-3-6-12(13)16(14)18/h3-4,6-10H,2,5H2,1H3. The lowest BCUT2D eigenvalue weighted by molar-refractivity contribution is 0.0979. The van der Waals surface area contributed by atoms with Gasteiger partial charge in [-0.25, -0.2) is 0 Å². The molecule has 2 heteroatoms. The Balaban J connectivity index is 2.18. The van der Waals surface area contributed by atoms with Crippen LogP contribution in [-0.2, 0) is 6.42 Å². The molecule has 0 atom stereocenters. The average Bonchev–Trinajstić information content (AvgIpc) is 2.45. The van der Waals surface area contributed by atoms with Crippen LogP contribution in [0.2, 0.25) is 0 Å². The highest BCUT2D eigenvalue weighted by Gasteiger charge is 2.29. The molecule has 1 aliphatic carbocycles. The third kappa shape index (κ3) is 1.80. The van der Waals surface area contributed by atoms with Crippen molar-refractivity contribution in [3.8, 4) is 0 Å². The van der Waals surface area contributed by atoms with E-state index in [1.807, 2.05) is 12.1 Å². The third-order valence-corrected chi connectivity index (χ3v) is 3.53. The van der Waals surface area contributed by atoms with Crippen LogP contribution in [0.25, 0.3) is 0 Å². The van der Waals surface area contributed by atoms with E-state index < -0.39 is 0 Å². The average molecular weight is 250 g/mol. The van der Waals surface area contributed by atoms with E-state index in [0.717, 1.165) is 18.4 Å². The van der Waals surface area contributed by atoms with Crippen molar-refractivity contribution >= 4 is 11.6 Å². The van der Waals surface area contributed by atoms with Crippen molar-refractivity contribution in [2.45, 2.75) is 19.8 Å². The van der Waals surface area contributed by atoms with Crippen molar-refractivity contribution < 1.29 is 9.59 Å². The van der Waals surface area contributed by atoms with E-state index in [-0.39, 0.29) is 11.6 Å². The molecule has 0 heterocycles. The molecule has 0 saturated carbocycles. The van der Waals surface area contributed by atoms with E-state index in [1.165, 1.54) is 0 Å². The predicted octanol–water partition coefficient (Wildman–Crippen LogP) is 3.41. The minimum atomic E-state index is -0.0479. The van der Waals surface area contributed by atoms with Gasteiger partial charge in [-0.2, -0.15) is 0 Å². The van der Waals surface area contributed by atoms with Crippen LogP contribution in [-0.4, -0.2) is 11.6 Å². The van der Waals surface area contributed by atoms with E-state index in [2.05, 4.69) is 6.92 Å². The summed E-state index contributed by atoms with van der Waals surface area (Å²) in [5, 5.41) is 0. The predicted molar refractivity (Wildman–Crippen MR) is 73.7 cm³/mol. The van der Waals surface area contributed by atoms with E-state index in [9.17, 15) is 9.59 Å². The maximum absolute atomic E-state index is 12.5. The van der Waals surface area contributed by atoms with Gasteiger partial charge in [-0.15, -0.1) is 0 Å². The van der Waals surface area contributed by atoms with Crippen molar-refractivity contribution in [2.75, 3.05) is 0 Å². The summed E-state index contributed by atoms with van der Waals surface area (Å²) in [6, 6.07) is 12.6. The lowest BCUT2D eigenvalue weighted by Crippen LogP contribution is -2.20. The first-order valence-electron chi connectivity index (χ1n) is 6.53. The molecule has 0 saturated heterocycles. The Morgan fingerprint density at radius 1 is 0.789 bits per heavy atom. The van der Waals surface area contributed by atoms with Gasteiger partial charge in [-0.3, -0.25) is 9.59 Å². The van der Waals surface area contributed by atoms with Gasteiger partial charge in [-0.1, -0.05) is 49.7 Å². The molecule has 0 bridgehead atoms. The molecule has 3 rings (SSSR count). The number of carbonyl (C=O) groups excluding carboxylic acids is 2. The summed E-state index contributed by atoms with van der Waals surface area (Å²) >= 11 is 0. The number of aryl methyl sites for hydroxylation is 1. The molecule has 0 unspecified atom stereocenters. The van der Waals surface area contributed by atoms with Crippen LogP contribution in [0.1, 0.15) is 50.8 Å². The van der Waals surface area contributed by atoms with E-state index in [0.29, 0.717) is 22.3 Å². The number of hydrogen-bond acceptors (Lipinski definition) is 2. The molecule has 0 radical (unpaired) electrons. The summed E-state index contributed by atoms with van der Waals surface area (Å²) in [5.41, 5.74) is 3.23. The highest BCUT2D eigenvalue weighted by Crippen LogP contribution is 2.28.